The molecule has 0 atom stereocenters. The SMILES string of the molecule is CCCCCCC(=O)Nc1ccc(-n2nc(-c3cccnc3)cc2C(F)(F)F)nc1. The van der Waals surface area contributed by atoms with Gasteiger partial charge in [0.05, 0.1) is 17.6 Å². The molecule has 3 aromatic heterocycles. The largest absolute Gasteiger partial charge is 0.433 e. The molecule has 0 saturated heterocycles. The van der Waals surface area contributed by atoms with Crippen LogP contribution in [0.4, 0.5) is 18.9 Å². The Morgan fingerprint density at radius 1 is 1.13 bits per heavy atom. The number of amides is 1. The van der Waals surface area contributed by atoms with Gasteiger partial charge >= 0.3 is 6.18 Å². The van der Waals surface area contributed by atoms with Crippen molar-refractivity contribution >= 4 is 11.6 Å². The fourth-order valence-corrected chi connectivity index (χ4v) is 2.93. The molecule has 0 aliphatic rings. The van der Waals surface area contributed by atoms with E-state index in [2.05, 4.69) is 27.3 Å². The summed E-state index contributed by atoms with van der Waals surface area (Å²) in [5, 5.41) is 6.78. The molecule has 0 bridgehead atoms. The molecular weight excluding hydrogens is 395 g/mol. The van der Waals surface area contributed by atoms with E-state index in [4.69, 9.17) is 0 Å². The highest BCUT2D eigenvalue weighted by atomic mass is 19.4. The molecule has 0 aromatic carbocycles. The van der Waals surface area contributed by atoms with E-state index >= 15 is 0 Å². The number of rotatable bonds is 8. The Balaban J connectivity index is 1.78. The van der Waals surface area contributed by atoms with Gasteiger partial charge in [-0.25, -0.2) is 9.67 Å². The maximum absolute atomic E-state index is 13.5. The van der Waals surface area contributed by atoms with Crippen LogP contribution >= 0.6 is 0 Å². The van der Waals surface area contributed by atoms with Crippen molar-refractivity contribution in [1.82, 2.24) is 19.7 Å². The number of hydrogen-bond acceptors (Lipinski definition) is 4. The van der Waals surface area contributed by atoms with E-state index < -0.39 is 11.9 Å². The van der Waals surface area contributed by atoms with Gasteiger partial charge in [-0.1, -0.05) is 26.2 Å². The molecular formula is C21H22F3N5O. The topological polar surface area (TPSA) is 72.7 Å². The molecule has 0 saturated carbocycles. The van der Waals surface area contributed by atoms with Crippen LogP contribution in [0.25, 0.3) is 17.1 Å². The number of alkyl halides is 3. The first-order chi connectivity index (χ1) is 14.4. The summed E-state index contributed by atoms with van der Waals surface area (Å²) >= 11 is 0. The smallest absolute Gasteiger partial charge is 0.325 e. The van der Waals surface area contributed by atoms with Gasteiger partial charge in [-0.15, -0.1) is 0 Å². The van der Waals surface area contributed by atoms with Gasteiger partial charge in [0.2, 0.25) is 5.91 Å². The highest BCUT2D eigenvalue weighted by Crippen LogP contribution is 2.33. The third-order valence-corrected chi connectivity index (χ3v) is 4.46. The monoisotopic (exact) mass is 417 g/mol. The fraction of sp³-hybridized carbons (Fsp3) is 0.333. The van der Waals surface area contributed by atoms with Crippen LogP contribution in [-0.4, -0.2) is 25.7 Å². The lowest BCUT2D eigenvalue weighted by atomic mass is 10.1. The number of halogens is 3. The van der Waals surface area contributed by atoms with Crippen LogP contribution in [-0.2, 0) is 11.0 Å². The van der Waals surface area contributed by atoms with Crippen LogP contribution in [0, 0.1) is 0 Å². The van der Waals surface area contributed by atoms with Gasteiger partial charge in [-0.05, 0) is 36.8 Å². The van der Waals surface area contributed by atoms with Gasteiger partial charge in [0.25, 0.3) is 0 Å². The van der Waals surface area contributed by atoms with Gasteiger partial charge < -0.3 is 5.32 Å². The molecule has 3 aromatic rings. The molecule has 6 nitrogen and oxygen atoms in total. The minimum atomic E-state index is -4.61. The second-order valence-corrected chi connectivity index (χ2v) is 6.83. The number of hydrogen-bond donors (Lipinski definition) is 1. The standard InChI is InChI=1S/C21H22F3N5O/c1-2-3-4-5-8-20(30)27-16-9-10-19(26-14-16)29-18(21(22,23)24)12-17(28-29)15-7-6-11-25-13-15/h6-7,9-14H,2-5,8H2,1H3,(H,27,30). The van der Waals surface area contributed by atoms with E-state index in [1.807, 2.05) is 0 Å². The van der Waals surface area contributed by atoms with Crippen LogP contribution in [0.15, 0.2) is 48.9 Å². The van der Waals surface area contributed by atoms with E-state index in [1.165, 1.54) is 30.7 Å². The molecule has 3 heterocycles. The molecule has 1 N–H and O–H groups in total. The second kappa shape index (κ2) is 9.51. The Kier molecular flexibility index (Phi) is 6.81. The number of aromatic nitrogens is 4. The molecule has 1 amide bonds. The fourth-order valence-electron chi connectivity index (χ4n) is 2.93. The van der Waals surface area contributed by atoms with Crippen molar-refractivity contribution in [1.29, 1.82) is 0 Å². The molecule has 0 fully saturated rings. The Morgan fingerprint density at radius 2 is 1.97 bits per heavy atom. The molecule has 30 heavy (non-hydrogen) atoms. The van der Waals surface area contributed by atoms with Crippen molar-refractivity contribution in [3.05, 3.63) is 54.6 Å². The maximum Gasteiger partial charge on any atom is 0.433 e. The molecule has 158 valence electrons. The summed E-state index contributed by atoms with van der Waals surface area (Å²) < 4.78 is 41.3. The molecule has 0 spiro atoms. The highest BCUT2D eigenvalue weighted by molar-refractivity contribution is 5.90. The zero-order chi connectivity index (χ0) is 21.6. The lowest BCUT2D eigenvalue weighted by molar-refractivity contribution is -0.142. The number of pyridine rings is 2. The normalized spacial score (nSPS) is 11.5. The van der Waals surface area contributed by atoms with E-state index in [-0.39, 0.29) is 17.4 Å². The number of unbranched alkanes of at least 4 members (excludes halogenated alkanes) is 3. The molecule has 0 aliphatic carbocycles. The maximum atomic E-state index is 13.5. The lowest BCUT2D eigenvalue weighted by Gasteiger charge is -2.10. The first kappa shape index (κ1) is 21.5. The minimum absolute atomic E-state index is 0.00147. The number of nitrogens with zero attached hydrogens (tertiary/aromatic N) is 4. The highest BCUT2D eigenvalue weighted by Gasteiger charge is 2.36. The summed E-state index contributed by atoms with van der Waals surface area (Å²) in [4.78, 5) is 19.9. The quantitative estimate of drug-likeness (QED) is 0.508. The van der Waals surface area contributed by atoms with Crippen LogP contribution in [0.3, 0.4) is 0 Å². The van der Waals surface area contributed by atoms with E-state index in [1.54, 1.807) is 12.1 Å². The molecule has 0 aliphatic heterocycles. The molecule has 0 radical (unpaired) electrons. The summed E-state index contributed by atoms with van der Waals surface area (Å²) in [6.07, 6.45) is 4.03. The van der Waals surface area contributed by atoms with Gasteiger partial charge in [0, 0.05) is 24.4 Å². The lowest BCUT2D eigenvalue weighted by Crippen LogP contribution is -2.15. The zero-order valence-electron chi connectivity index (χ0n) is 16.5. The first-order valence-corrected chi connectivity index (χ1v) is 9.72. The summed E-state index contributed by atoms with van der Waals surface area (Å²) in [5.41, 5.74) is 0.0874. The summed E-state index contributed by atoms with van der Waals surface area (Å²) in [5.74, 6) is -0.145. The molecule has 0 unspecified atom stereocenters. The summed E-state index contributed by atoms with van der Waals surface area (Å²) in [6.45, 7) is 2.09. The van der Waals surface area contributed by atoms with Crippen LogP contribution in [0.5, 0.6) is 0 Å². The number of anilines is 1. The van der Waals surface area contributed by atoms with Gasteiger partial charge in [-0.3, -0.25) is 9.78 Å². The third-order valence-electron chi connectivity index (χ3n) is 4.46. The average Bonchev–Trinajstić information content (AvgIpc) is 3.19. The Bertz CT molecular complexity index is 969. The Morgan fingerprint density at radius 3 is 2.60 bits per heavy atom. The molecule has 3 rings (SSSR count). The zero-order valence-corrected chi connectivity index (χ0v) is 16.5. The van der Waals surface area contributed by atoms with Crippen molar-refractivity contribution in [3.63, 3.8) is 0 Å². The van der Waals surface area contributed by atoms with Crippen molar-refractivity contribution < 1.29 is 18.0 Å². The average molecular weight is 417 g/mol. The number of carbonyl (C=O) groups is 1. The van der Waals surface area contributed by atoms with Gasteiger partial charge in [-0.2, -0.15) is 18.3 Å². The predicted molar refractivity (Wildman–Crippen MR) is 107 cm³/mol. The van der Waals surface area contributed by atoms with Crippen molar-refractivity contribution in [2.24, 2.45) is 0 Å². The predicted octanol–water partition coefficient (Wildman–Crippen LogP) is 5.26. The van der Waals surface area contributed by atoms with Gasteiger partial charge in [0.15, 0.2) is 11.5 Å². The van der Waals surface area contributed by atoms with Crippen LogP contribution < -0.4 is 5.32 Å². The van der Waals surface area contributed by atoms with Crippen molar-refractivity contribution in [2.75, 3.05) is 5.32 Å². The number of carbonyl (C=O) groups excluding carboxylic acids is 1. The van der Waals surface area contributed by atoms with E-state index in [0.29, 0.717) is 17.7 Å². The second-order valence-electron chi connectivity index (χ2n) is 6.83. The van der Waals surface area contributed by atoms with Crippen molar-refractivity contribution in [2.45, 2.75) is 45.2 Å². The van der Waals surface area contributed by atoms with Crippen molar-refractivity contribution in [3.8, 4) is 17.1 Å². The Labute approximate surface area is 172 Å². The third kappa shape index (κ3) is 5.43. The van der Waals surface area contributed by atoms with Crippen LogP contribution in [0.2, 0.25) is 0 Å². The Hall–Kier alpha value is -3.23. The first-order valence-electron chi connectivity index (χ1n) is 9.72. The summed E-state index contributed by atoms with van der Waals surface area (Å²) in [7, 11) is 0. The summed E-state index contributed by atoms with van der Waals surface area (Å²) in [6, 6.07) is 7.12. The van der Waals surface area contributed by atoms with Crippen LogP contribution in [0.1, 0.15) is 44.7 Å². The minimum Gasteiger partial charge on any atom is -0.325 e. The van der Waals surface area contributed by atoms with Gasteiger partial charge in [0.1, 0.15) is 0 Å². The van der Waals surface area contributed by atoms with E-state index in [9.17, 15) is 18.0 Å². The molecule has 9 heteroatoms. The van der Waals surface area contributed by atoms with E-state index in [0.717, 1.165) is 36.4 Å². The number of nitrogens with one attached hydrogen (secondary N) is 1.